The summed E-state index contributed by atoms with van der Waals surface area (Å²) in [5, 5.41) is 9.45. The number of phenols is 1. The number of hydrogen-bond acceptors (Lipinski definition) is 3. The highest BCUT2D eigenvalue weighted by atomic mass is 32.2. The molecule has 0 unspecified atom stereocenters. The SMILES string of the molecule is CC(C)(C)[S@+]([O-])NCc1cc(F)ccc1O. The average Bonchev–Trinajstić information content (AvgIpc) is 2.17. The quantitative estimate of drug-likeness (QED) is 0.802. The highest BCUT2D eigenvalue weighted by Crippen LogP contribution is 2.19. The highest BCUT2D eigenvalue weighted by Gasteiger charge is 2.26. The van der Waals surface area contributed by atoms with Crippen molar-refractivity contribution in [1.82, 2.24) is 4.72 Å². The molecule has 1 atom stereocenters. The van der Waals surface area contributed by atoms with Gasteiger partial charge in [-0.25, -0.2) is 4.39 Å². The molecule has 0 radical (unpaired) electrons. The van der Waals surface area contributed by atoms with E-state index in [1.54, 1.807) is 0 Å². The van der Waals surface area contributed by atoms with Gasteiger partial charge in [0, 0.05) is 16.9 Å². The van der Waals surface area contributed by atoms with Gasteiger partial charge in [0.05, 0.1) is 6.54 Å². The predicted molar refractivity (Wildman–Crippen MR) is 62.8 cm³/mol. The number of aromatic hydroxyl groups is 1. The van der Waals surface area contributed by atoms with Crippen LogP contribution in [0.2, 0.25) is 0 Å². The van der Waals surface area contributed by atoms with Gasteiger partial charge in [-0.1, -0.05) is 0 Å². The monoisotopic (exact) mass is 245 g/mol. The van der Waals surface area contributed by atoms with Crippen LogP contribution in [0.15, 0.2) is 18.2 Å². The van der Waals surface area contributed by atoms with Crippen LogP contribution in [0.5, 0.6) is 5.75 Å². The van der Waals surface area contributed by atoms with Crippen LogP contribution in [-0.2, 0) is 17.9 Å². The largest absolute Gasteiger partial charge is 0.598 e. The van der Waals surface area contributed by atoms with Crippen LogP contribution in [-0.4, -0.2) is 14.4 Å². The maximum atomic E-state index is 12.9. The van der Waals surface area contributed by atoms with E-state index >= 15 is 0 Å². The maximum Gasteiger partial charge on any atom is 0.136 e. The molecule has 3 nitrogen and oxygen atoms in total. The maximum absolute atomic E-state index is 12.9. The van der Waals surface area contributed by atoms with Crippen molar-refractivity contribution in [1.29, 1.82) is 0 Å². The molecule has 0 saturated carbocycles. The summed E-state index contributed by atoms with van der Waals surface area (Å²) >= 11 is -1.24. The summed E-state index contributed by atoms with van der Waals surface area (Å²) in [7, 11) is 0. The molecule has 0 aliphatic carbocycles. The molecule has 2 N–H and O–H groups in total. The summed E-state index contributed by atoms with van der Waals surface area (Å²) in [6.45, 7) is 5.68. The van der Waals surface area contributed by atoms with Gasteiger partial charge < -0.3 is 9.66 Å². The zero-order chi connectivity index (χ0) is 12.3. The van der Waals surface area contributed by atoms with Crippen LogP contribution in [0.4, 0.5) is 4.39 Å². The van der Waals surface area contributed by atoms with Crippen molar-refractivity contribution < 1.29 is 14.0 Å². The first-order chi connectivity index (χ1) is 7.30. The first-order valence-corrected chi connectivity index (χ1v) is 6.08. The Morgan fingerprint density at radius 1 is 1.44 bits per heavy atom. The Morgan fingerprint density at radius 2 is 2.06 bits per heavy atom. The Balaban J connectivity index is 2.64. The van der Waals surface area contributed by atoms with Crippen LogP contribution in [0.1, 0.15) is 26.3 Å². The molecule has 5 heteroatoms. The van der Waals surface area contributed by atoms with Crippen molar-refractivity contribution >= 4 is 11.4 Å². The summed E-state index contributed by atoms with van der Waals surface area (Å²) in [5.74, 6) is -0.420. The van der Waals surface area contributed by atoms with Gasteiger partial charge >= 0.3 is 0 Å². The van der Waals surface area contributed by atoms with Crippen molar-refractivity contribution in [2.24, 2.45) is 0 Å². The normalized spacial score (nSPS) is 13.8. The van der Waals surface area contributed by atoms with Crippen molar-refractivity contribution in [3.63, 3.8) is 0 Å². The van der Waals surface area contributed by atoms with Crippen LogP contribution >= 0.6 is 0 Å². The Morgan fingerprint density at radius 3 is 2.62 bits per heavy atom. The predicted octanol–water partition coefficient (Wildman–Crippen LogP) is 2.08. The molecule has 0 saturated heterocycles. The molecule has 1 rings (SSSR count). The van der Waals surface area contributed by atoms with E-state index in [-0.39, 0.29) is 17.0 Å². The second-order valence-electron chi connectivity index (χ2n) is 4.48. The third-order valence-electron chi connectivity index (χ3n) is 1.99. The fourth-order valence-corrected chi connectivity index (χ4v) is 1.78. The second kappa shape index (κ2) is 5.03. The Labute approximate surface area is 98.0 Å². The fourth-order valence-electron chi connectivity index (χ4n) is 1.06. The van der Waals surface area contributed by atoms with Gasteiger partial charge in [0.25, 0.3) is 0 Å². The molecule has 1 aromatic rings. The summed E-state index contributed by atoms with van der Waals surface area (Å²) < 4.78 is 26.9. The third kappa shape index (κ3) is 3.66. The Bertz CT molecular complexity index is 365. The first kappa shape index (κ1) is 13.3. The molecule has 90 valence electrons. The van der Waals surface area contributed by atoms with Gasteiger partial charge in [-0.05, 0) is 39.0 Å². The van der Waals surface area contributed by atoms with Crippen molar-refractivity contribution in [3.8, 4) is 5.75 Å². The molecular formula is C11H16FNO2S. The number of benzene rings is 1. The minimum atomic E-state index is -1.24. The first-order valence-electron chi connectivity index (χ1n) is 4.93. The van der Waals surface area contributed by atoms with Gasteiger partial charge in [-0.15, -0.1) is 4.72 Å². The lowest BCUT2D eigenvalue weighted by molar-refractivity contribution is 0.463. The number of nitrogens with one attached hydrogen (secondary N) is 1. The third-order valence-corrected chi connectivity index (χ3v) is 3.51. The summed E-state index contributed by atoms with van der Waals surface area (Å²) in [5.41, 5.74) is 0.401. The number of phenolic OH excluding ortho intramolecular Hbond substituents is 1. The van der Waals surface area contributed by atoms with E-state index < -0.39 is 17.2 Å². The van der Waals surface area contributed by atoms with E-state index in [9.17, 15) is 14.0 Å². The molecule has 0 fully saturated rings. The molecule has 0 bridgehead atoms. The van der Waals surface area contributed by atoms with Gasteiger partial charge in [0.1, 0.15) is 16.3 Å². The summed E-state index contributed by atoms with van der Waals surface area (Å²) in [4.78, 5) is 0. The van der Waals surface area contributed by atoms with Crippen LogP contribution in [0, 0.1) is 5.82 Å². The molecule has 16 heavy (non-hydrogen) atoms. The second-order valence-corrected chi connectivity index (χ2v) is 6.53. The van der Waals surface area contributed by atoms with Crippen LogP contribution in [0.3, 0.4) is 0 Å². The van der Waals surface area contributed by atoms with Gasteiger partial charge in [0.15, 0.2) is 0 Å². The zero-order valence-corrected chi connectivity index (χ0v) is 10.4. The number of rotatable bonds is 3. The minimum absolute atomic E-state index is 0.000177. The van der Waals surface area contributed by atoms with Gasteiger partial charge in [-0.3, -0.25) is 0 Å². The Kier molecular flexibility index (Phi) is 4.18. The molecule has 1 aromatic carbocycles. The van der Waals surface area contributed by atoms with E-state index in [0.717, 1.165) is 0 Å². The lowest BCUT2D eigenvalue weighted by atomic mass is 10.2. The van der Waals surface area contributed by atoms with Gasteiger partial charge in [0.2, 0.25) is 0 Å². The lowest BCUT2D eigenvalue weighted by Gasteiger charge is -2.23. The standard InChI is InChI=1S/C11H16FNO2S/c1-11(2,3)16(15)13-7-8-6-9(12)4-5-10(8)14/h4-6,13-14H,7H2,1-3H3/t16-/m0/s1. The van der Waals surface area contributed by atoms with Crippen molar-refractivity contribution in [2.45, 2.75) is 32.1 Å². The fraction of sp³-hybridized carbons (Fsp3) is 0.455. The van der Waals surface area contributed by atoms with Gasteiger partial charge in [-0.2, -0.15) is 0 Å². The van der Waals surface area contributed by atoms with E-state index in [2.05, 4.69) is 4.72 Å². The van der Waals surface area contributed by atoms with E-state index in [1.165, 1.54) is 18.2 Å². The number of halogens is 1. The molecule has 0 aliphatic heterocycles. The van der Waals surface area contributed by atoms with Crippen LogP contribution in [0.25, 0.3) is 0 Å². The lowest BCUT2D eigenvalue weighted by Crippen LogP contribution is -2.38. The van der Waals surface area contributed by atoms with Crippen molar-refractivity contribution in [3.05, 3.63) is 29.6 Å². The Hall–Kier alpha value is -0.780. The summed E-state index contributed by atoms with van der Waals surface area (Å²) in [6.07, 6.45) is 0. The smallest absolute Gasteiger partial charge is 0.136 e. The molecule has 0 heterocycles. The van der Waals surface area contributed by atoms with Crippen LogP contribution < -0.4 is 4.72 Å². The molecule has 0 spiro atoms. The van der Waals surface area contributed by atoms with Crippen molar-refractivity contribution in [2.75, 3.05) is 0 Å². The van der Waals surface area contributed by atoms with E-state index in [1.807, 2.05) is 20.8 Å². The highest BCUT2D eigenvalue weighted by molar-refractivity contribution is 7.90. The topological polar surface area (TPSA) is 55.3 Å². The van der Waals surface area contributed by atoms with E-state index in [0.29, 0.717) is 5.56 Å². The molecule has 0 aliphatic rings. The van der Waals surface area contributed by atoms with E-state index in [4.69, 9.17) is 0 Å². The molecule has 0 aromatic heterocycles. The summed E-state index contributed by atoms with van der Waals surface area (Å²) in [6, 6.07) is 3.69. The number of hydrogen-bond donors (Lipinski definition) is 2. The molecular weight excluding hydrogens is 229 g/mol. The zero-order valence-electron chi connectivity index (χ0n) is 9.58. The average molecular weight is 245 g/mol. The minimum Gasteiger partial charge on any atom is -0.598 e. The molecule has 0 amide bonds.